The molecule has 1 aliphatic rings. The van der Waals surface area contributed by atoms with E-state index in [4.69, 9.17) is 16.3 Å². The predicted octanol–water partition coefficient (Wildman–Crippen LogP) is 4.00. The summed E-state index contributed by atoms with van der Waals surface area (Å²) in [5.74, 6) is 0. The Kier molecular flexibility index (Phi) is 8.01. The lowest BCUT2D eigenvalue weighted by Gasteiger charge is -2.28. The maximum Gasteiger partial charge on any atom is 0.322 e. The average Bonchev–Trinajstić information content (AvgIpc) is 2.74. The monoisotopic (exact) mass is 432 g/mol. The van der Waals surface area contributed by atoms with Gasteiger partial charge in [0.25, 0.3) is 5.69 Å². The second-order valence-corrected chi connectivity index (χ2v) is 7.53. The summed E-state index contributed by atoms with van der Waals surface area (Å²) in [5.41, 5.74) is 1.48. The van der Waals surface area contributed by atoms with Gasteiger partial charge in [-0.25, -0.2) is 4.79 Å². The van der Waals surface area contributed by atoms with Gasteiger partial charge >= 0.3 is 6.03 Å². The number of hydrogen-bond acceptors (Lipinski definition) is 5. The van der Waals surface area contributed by atoms with Gasteiger partial charge in [0, 0.05) is 55.6 Å². The molecule has 1 saturated heterocycles. The quantitative estimate of drug-likeness (QED) is 0.503. The fourth-order valence-corrected chi connectivity index (χ4v) is 3.46. The fraction of sp³-hybridized carbons (Fsp3) is 0.381. The lowest BCUT2D eigenvalue weighted by Crippen LogP contribution is -2.40. The van der Waals surface area contributed by atoms with E-state index in [1.807, 2.05) is 0 Å². The van der Waals surface area contributed by atoms with E-state index in [2.05, 4.69) is 10.2 Å². The number of nitro groups is 1. The van der Waals surface area contributed by atoms with Crippen molar-refractivity contribution in [2.75, 3.05) is 44.7 Å². The number of non-ortho nitro benzene ring substituents is 1. The highest BCUT2D eigenvalue weighted by Gasteiger charge is 2.17. The number of morpholine rings is 1. The number of carbonyl (C=O) groups is 1. The number of benzene rings is 2. The maximum atomic E-state index is 12.9. The van der Waals surface area contributed by atoms with Crippen molar-refractivity contribution in [2.24, 2.45) is 0 Å². The number of amides is 2. The summed E-state index contributed by atoms with van der Waals surface area (Å²) >= 11 is 6.01. The van der Waals surface area contributed by atoms with Gasteiger partial charge in [0.2, 0.25) is 0 Å². The fourth-order valence-electron chi connectivity index (χ4n) is 3.27. The van der Waals surface area contributed by atoms with Crippen LogP contribution >= 0.6 is 11.6 Å². The van der Waals surface area contributed by atoms with Crippen molar-refractivity contribution < 1.29 is 14.5 Å². The first-order valence-electron chi connectivity index (χ1n) is 9.86. The molecule has 1 fully saturated rings. The highest BCUT2D eigenvalue weighted by Crippen LogP contribution is 2.17. The summed E-state index contributed by atoms with van der Waals surface area (Å²) in [5, 5.41) is 14.3. The third kappa shape index (κ3) is 6.69. The Labute approximate surface area is 180 Å². The standard InChI is InChI=1S/C21H25ClN4O4/c22-18-3-1-4-19(15-18)23-21(27)25(10-2-9-24-11-13-30-14-12-24)16-17-5-7-20(8-6-17)26(28)29/h1,3-8,15H,2,9-14,16H2,(H,23,27). The minimum atomic E-state index is -0.435. The van der Waals surface area contributed by atoms with E-state index in [9.17, 15) is 14.9 Å². The molecule has 8 nitrogen and oxygen atoms in total. The van der Waals surface area contributed by atoms with E-state index >= 15 is 0 Å². The number of rotatable bonds is 8. The Morgan fingerprint density at radius 1 is 1.20 bits per heavy atom. The first kappa shape index (κ1) is 22.0. The minimum Gasteiger partial charge on any atom is -0.379 e. The molecule has 0 spiro atoms. The van der Waals surface area contributed by atoms with Crippen LogP contribution in [0.3, 0.4) is 0 Å². The molecule has 2 aromatic carbocycles. The largest absolute Gasteiger partial charge is 0.379 e. The third-order valence-electron chi connectivity index (χ3n) is 4.89. The molecule has 1 heterocycles. The predicted molar refractivity (Wildman–Crippen MR) is 116 cm³/mol. The van der Waals surface area contributed by atoms with Crippen molar-refractivity contribution in [3.8, 4) is 0 Å². The average molecular weight is 433 g/mol. The number of halogens is 1. The van der Waals surface area contributed by atoms with E-state index in [1.165, 1.54) is 12.1 Å². The van der Waals surface area contributed by atoms with Crippen LogP contribution in [0.1, 0.15) is 12.0 Å². The number of hydrogen-bond donors (Lipinski definition) is 1. The van der Waals surface area contributed by atoms with Gasteiger partial charge in [-0.15, -0.1) is 0 Å². The van der Waals surface area contributed by atoms with Crippen LogP contribution in [-0.2, 0) is 11.3 Å². The van der Waals surface area contributed by atoms with E-state index in [1.54, 1.807) is 41.3 Å². The molecule has 160 valence electrons. The highest BCUT2D eigenvalue weighted by molar-refractivity contribution is 6.30. The second kappa shape index (κ2) is 10.9. The molecule has 9 heteroatoms. The molecule has 0 radical (unpaired) electrons. The van der Waals surface area contributed by atoms with E-state index in [0.29, 0.717) is 23.8 Å². The van der Waals surface area contributed by atoms with Gasteiger partial charge in [0.05, 0.1) is 18.1 Å². The SMILES string of the molecule is O=C(Nc1cccc(Cl)c1)N(CCCN1CCOCC1)Cc1ccc([N+](=O)[O-])cc1. The lowest BCUT2D eigenvalue weighted by atomic mass is 10.2. The van der Waals surface area contributed by atoms with Gasteiger partial charge in [-0.1, -0.05) is 29.8 Å². The number of nitro benzene ring substituents is 1. The first-order valence-corrected chi connectivity index (χ1v) is 10.2. The number of ether oxygens (including phenoxy) is 1. The number of carbonyl (C=O) groups excluding carboxylic acids is 1. The summed E-state index contributed by atoms with van der Waals surface area (Å²) in [4.78, 5) is 27.4. The van der Waals surface area contributed by atoms with Gasteiger partial charge in [0.1, 0.15) is 0 Å². The van der Waals surface area contributed by atoms with Crippen molar-refractivity contribution in [3.63, 3.8) is 0 Å². The van der Waals surface area contributed by atoms with Crippen molar-refractivity contribution in [1.82, 2.24) is 9.80 Å². The molecule has 2 aromatic rings. The molecule has 0 aliphatic carbocycles. The smallest absolute Gasteiger partial charge is 0.322 e. The van der Waals surface area contributed by atoms with Crippen LogP contribution in [-0.4, -0.2) is 60.1 Å². The molecule has 0 atom stereocenters. The third-order valence-corrected chi connectivity index (χ3v) is 5.12. The summed E-state index contributed by atoms with van der Waals surface area (Å²) < 4.78 is 5.37. The van der Waals surface area contributed by atoms with Gasteiger partial charge in [-0.2, -0.15) is 0 Å². The molecular formula is C21H25ClN4O4. The van der Waals surface area contributed by atoms with Gasteiger partial charge in [0.15, 0.2) is 0 Å². The van der Waals surface area contributed by atoms with Gasteiger partial charge in [-0.05, 0) is 30.2 Å². The Hall–Kier alpha value is -2.68. The summed E-state index contributed by atoms with van der Waals surface area (Å²) in [7, 11) is 0. The Morgan fingerprint density at radius 2 is 1.93 bits per heavy atom. The first-order chi connectivity index (χ1) is 14.5. The summed E-state index contributed by atoms with van der Waals surface area (Å²) in [6, 6.07) is 13.0. The highest BCUT2D eigenvalue weighted by atomic mass is 35.5. The van der Waals surface area contributed by atoms with Crippen LogP contribution < -0.4 is 5.32 Å². The molecule has 30 heavy (non-hydrogen) atoms. The van der Waals surface area contributed by atoms with Crippen LogP contribution in [0.25, 0.3) is 0 Å². The number of nitrogens with zero attached hydrogens (tertiary/aromatic N) is 3. The van der Waals surface area contributed by atoms with Crippen LogP contribution in [0, 0.1) is 10.1 Å². The number of anilines is 1. The lowest BCUT2D eigenvalue weighted by molar-refractivity contribution is -0.384. The zero-order chi connectivity index (χ0) is 21.3. The topological polar surface area (TPSA) is 88.0 Å². The van der Waals surface area contributed by atoms with Gasteiger partial charge < -0.3 is 15.0 Å². The molecule has 0 saturated carbocycles. The minimum absolute atomic E-state index is 0.0287. The Balaban J connectivity index is 1.64. The van der Waals surface area contributed by atoms with Crippen molar-refractivity contribution >= 4 is 29.0 Å². The van der Waals surface area contributed by atoms with E-state index < -0.39 is 4.92 Å². The summed E-state index contributed by atoms with van der Waals surface area (Å²) in [6.07, 6.45) is 0.815. The van der Waals surface area contributed by atoms with Crippen LogP contribution in [0.4, 0.5) is 16.2 Å². The van der Waals surface area contributed by atoms with Crippen molar-refractivity contribution in [2.45, 2.75) is 13.0 Å². The van der Waals surface area contributed by atoms with Crippen LogP contribution in [0.15, 0.2) is 48.5 Å². The maximum absolute atomic E-state index is 12.9. The second-order valence-electron chi connectivity index (χ2n) is 7.09. The van der Waals surface area contributed by atoms with Crippen LogP contribution in [0.2, 0.25) is 5.02 Å². The van der Waals surface area contributed by atoms with E-state index in [-0.39, 0.29) is 11.7 Å². The molecule has 3 rings (SSSR count). The zero-order valence-corrected chi connectivity index (χ0v) is 17.4. The molecule has 0 bridgehead atoms. The molecule has 0 aromatic heterocycles. The number of urea groups is 1. The number of nitrogens with one attached hydrogen (secondary N) is 1. The van der Waals surface area contributed by atoms with Crippen LogP contribution in [0.5, 0.6) is 0 Å². The normalized spacial score (nSPS) is 14.3. The Morgan fingerprint density at radius 3 is 2.60 bits per heavy atom. The molecule has 2 amide bonds. The molecule has 1 N–H and O–H groups in total. The Bertz CT molecular complexity index is 856. The van der Waals surface area contributed by atoms with Crippen molar-refractivity contribution in [1.29, 1.82) is 0 Å². The molecule has 0 unspecified atom stereocenters. The van der Waals surface area contributed by atoms with Crippen molar-refractivity contribution in [3.05, 3.63) is 69.2 Å². The summed E-state index contributed by atoms with van der Waals surface area (Å²) in [6.45, 7) is 5.07. The van der Waals surface area contributed by atoms with E-state index in [0.717, 1.165) is 44.8 Å². The van der Waals surface area contributed by atoms with Gasteiger partial charge in [-0.3, -0.25) is 15.0 Å². The molecule has 1 aliphatic heterocycles. The molecular weight excluding hydrogens is 408 g/mol. The zero-order valence-electron chi connectivity index (χ0n) is 16.6.